The van der Waals surface area contributed by atoms with Crippen LogP contribution in [-0.2, 0) is 38.5 Å². The van der Waals surface area contributed by atoms with Crippen LogP contribution in [0.15, 0.2) is 91.0 Å². The number of ether oxygens (including phenoxy) is 1. The lowest BCUT2D eigenvalue weighted by Crippen LogP contribution is -2.39. The fourth-order valence-corrected chi connectivity index (χ4v) is 4.94. The SMILES string of the molecule is NC(=O)c1ccc2c(c1)N(C(=O)Cc1ccc(O)c(O)c1)CC2.NCc1cccc(C(=O)N(CC(=O)OC(=O)C(F)(F)F)c2ccccc2)c1. The molecule has 0 aliphatic carbocycles. The lowest BCUT2D eigenvalue weighted by atomic mass is 10.1. The van der Waals surface area contributed by atoms with E-state index in [1.54, 1.807) is 53.4 Å². The van der Waals surface area contributed by atoms with E-state index in [4.69, 9.17) is 11.5 Å². The van der Waals surface area contributed by atoms with Gasteiger partial charge in [0, 0.05) is 35.6 Å². The number of alkyl halides is 3. The zero-order valence-corrected chi connectivity index (χ0v) is 26.2. The number of aromatic hydroxyl groups is 2. The molecule has 0 aromatic heterocycles. The number of hydrogen-bond acceptors (Lipinski definition) is 9. The van der Waals surface area contributed by atoms with Crippen molar-refractivity contribution < 1.29 is 52.1 Å². The number of esters is 2. The smallest absolute Gasteiger partial charge is 0.491 e. The second kappa shape index (κ2) is 15.8. The van der Waals surface area contributed by atoms with Crippen molar-refractivity contribution >= 4 is 41.0 Å². The first-order chi connectivity index (χ1) is 23.7. The van der Waals surface area contributed by atoms with Gasteiger partial charge in [-0.05, 0) is 71.6 Å². The van der Waals surface area contributed by atoms with Gasteiger partial charge in [-0.2, -0.15) is 13.2 Å². The van der Waals surface area contributed by atoms with Gasteiger partial charge in [-0.1, -0.05) is 42.5 Å². The Morgan fingerprint density at radius 2 is 1.54 bits per heavy atom. The lowest BCUT2D eigenvalue weighted by molar-refractivity contribution is -0.201. The number of primary amides is 1. The predicted molar refractivity (Wildman–Crippen MR) is 174 cm³/mol. The number of phenolic OH excluding ortho intramolecular Hbond substituents is 2. The summed E-state index contributed by atoms with van der Waals surface area (Å²) >= 11 is 0. The number of hydrogen-bond donors (Lipinski definition) is 4. The summed E-state index contributed by atoms with van der Waals surface area (Å²) in [6.07, 6.45) is -4.50. The summed E-state index contributed by atoms with van der Waals surface area (Å²) in [6.45, 7) is -0.160. The van der Waals surface area contributed by atoms with Gasteiger partial charge in [-0.25, -0.2) is 9.59 Å². The number of amides is 3. The molecule has 0 unspecified atom stereocenters. The topological polar surface area (TPSA) is 194 Å². The van der Waals surface area contributed by atoms with Gasteiger partial charge in [0.05, 0.1) is 6.42 Å². The van der Waals surface area contributed by atoms with Crippen LogP contribution < -0.4 is 21.3 Å². The largest absolute Gasteiger partial charge is 0.504 e. The molecule has 1 aliphatic rings. The van der Waals surface area contributed by atoms with Crippen LogP contribution in [0.2, 0.25) is 0 Å². The lowest BCUT2D eigenvalue weighted by Gasteiger charge is -2.22. The molecule has 260 valence electrons. The Morgan fingerprint density at radius 3 is 2.18 bits per heavy atom. The second-order valence-corrected chi connectivity index (χ2v) is 10.9. The summed E-state index contributed by atoms with van der Waals surface area (Å²) in [4.78, 5) is 61.8. The number of carbonyl (C=O) groups excluding carboxylic acids is 5. The first-order valence-corrected chi connectivity index (χ1v) is 14.9. The molecule has 0 saturated heterocycles. The van der Waals surface area contributed by atoms with Crippen molar-refractivity contribution in [3.05, 3.63) is 119 Å². The van der Waals surface area contributed by atoms with E-state index in [0.717, 1.165) is 16.9 Å². The molecule has 12 nitrogen and oxygen atoms in total. The highest BCUT2D eigenvalue weighted by atomic mass is 19.4. The molecule has 15 heteroatoms. The predicted octanol–water partition coefficient (Wildman–Crippen LogP) is 3.75. The van der Waals surface area contributed by atoms with Crippen LogP contribution in [0.25, 0.3) is 0 Å². The van der Waals surface area contributed by atoms with Crippen LogP contribution in [0, 0.1) is 0 Å². The van der Waals surface area contributed by atoms with Crippen LogP contribution in [0.1, 0.15) is 37.4 Å². The van der Waals surface area contributed by atoms with Crippen molar-refractivity contribution in [2.45, 2.75) is 25.6 Å². The fraction of sp³-hybridized carbons (Fsp3) is 0.171. The zero-order valence-electron chi connectivity index (χ0n) is 26.2. The van der Waals surface area contributed by atoms with E-state index in [-0.39, 0.29) is 41.6 Å². The van der Waals surface area contributed by atoms with Crippen LogP contribution in [0.5, 0.6) is 11.5 Å². The molecule has 50 heavy (non-hydrogen) atoms. The third-order valence-corrected chi connectivity index (χ3v) is 7.41. The molecule has 1 aliphatic heterocycles. The average molecular weight is 693 g/mol. The molecule has 4 aromatic carbocycles. The van der Waals surface area contributed by atoms with E-state index in [0.29, 0.717) is 28.9 Å². The fourth-order valence-electron chi connectivity index (χ4n) is 4.94. The van der Waals surface area contributed by atoms with Crippen LogP contribution >= 0.6 is 0 Å². The average Bonchev–Trinajstić information content (AvgIpc) is 3.52. The van der Waals surface area contributed by atoms with Gasteiger partial charge >= 0.3 is 18.1 Å². The van der Waals surface area contributed by atoms with Crippen LogP contribution in [0.4, 0.5) is 24.5 Å². The molecule has 6 N–H and O–H groups in total. The molecular formula is C35H31F3N4O8. The number of benzene rings is 4. The molecule has 1 heterocycles. The van der Waals surface area contributed by atoms with Crippen molar-refractivity contribution in [1.29, 1.82) is 0 Å². The quantitative estimate of drug-likeness (QED) is 0.121. The zero-order chi connectivity index (χ0) is 36.6. The highest BCUT2D eigenvalue weighted by Crippen LogP contribution is 2.31. The van der Waals surface area contributed by atoms with E-state index in [1.807, 2.05) is 6.07 Å². The van der Waals surface area contributed by atoms with Gasteiger partial charge in [0.1, 0.15) is 6.54 Å². The Morgan fingerprint density at radius 1 is 0.820 bits per heavy atom. The third-order valence-electron chi connectivity index (χ3n) is 7.41. The maximum Gasteiger partial charge on any atom is 0.491 e. The maximum absolute atomic E-state index is 12.8. The molecule has 4 aromatic rings. The molecule has 0 fully saturated rings. The Hall–Kier alpha value is -6.22. The Labute approximate surface area is 283 Å². The number of para-hydroxylation sites is 1. The Balaban J connectivity index is 0.000000227. The van der Waals surface area contributed by atoms with Gasteiger partial charge in [0.2, 0.25) is 11.8 Å². The standard InChI is InChI=1S/C18H15F3N2O4.C17H16N2O4/c19-18(20,21)17(26)27-15(24)11-23(14-7-2-1-3-8-14)16(25)13-6-4-5-12(9-13)10-22;18-17(23)12-3-2-11-5-6-19(13(11)9-12)16(22)8-10-1-4-14(20)15(21)7-10/h1-9H,10-11,22H2;1-4,7,9,20-21H,5-6,8H2,(H2,18,23). The summed E-state index contributed by atoms with van der Waals surface area (Å²) in [7, 11) is 0. The first-order valence-electron chi connectivity index (χ1n) is 14.9. The molecule has 5 rings (SSSR count). The van der Waals surface area contributed by atoms with Crippen molar-refractivity contribution in [3.8, 4) is 11.5 Å². The monoisotopic (exact) mass is 692 g/mol. The van der Waals surface area contributed by atoms with Gasteiger partial charge in [-0.3, -0.25) is 19.3 Å². The molecule has 0 bridgehead atoms. The Kier molecular flexibility index (Phi) is 11.6. The van der Waals surface area contributed by atoms with Crippen LogP contribution in [0.3, 0.4) is 0 Å². The minimum atomic E-state index is -5.31. The van der Waals surface area contributed by atoms with Gasteiger partial charge < -0.3 is 31.3 Å². The molecule has 0 spiro atoms. The molecule has 0 atom stereocenters. The molecule has 3 amide bonds. The van der Waals surface area contributed by atoms with E-state index >= 15 is 0 Å². The molecule has 0 radical (unpaired) electrons. The number of nitrogens with zero attached hydrogens (tertiary/aromatic N) is 2. The summed E-state index contributed by atoms with van der Waals surface area (Å²) in [6, 6.07) is 23.5. The molecule has 0 saturated carbocycles. The number of rotatable bonds is 8. The summed E-state index contributed by atoms with van der Waals surface area (Å²) in [5, 5.41) is 18.8. The second-order valence-electron chi connectivity index (χ2n) is 10.9. The van der Waals surface area contributed by atoms with Crippen LogP contribution in [-0.4, -0.2) is 59.1 Å². The number of fused-ring (bicyclic) bond motifs is 1. The van der Waals surface area contributed by atoms with E-state index in [2.05, 4.69) is 4.74 Å². The van der Waals surface area contributed by atoms with Crippen molar-refractivity contribution in [3.63, 3.8) is 0 Å². The molecular weight excluding hydrogens is 661 g/mol. The number of anilines is 2. The summed E-state index contributed by atoms with van der Waals surface area (Å²) in [5.41, 5.74) is 14.6. The number of halogens is 3. The van der Waals surface area contributed by atoms with Gasteiger partial charge in [0.15, 0.2) is 11.5 Å². The normalized spacial score (nSPS) is 11.9. The van der Waals surface area contributed by atoms with E-state index < -0.39 is 36.5 Å². The van der Waals surface area contributed by atoms with E-state index in [9.17, 15) is 47.4 Å². The van der Waals surface area contributed by atoms with Crippen molar-refractivity contribution in [2.75, 3.05) is 22.9 Å². The van der Waals surface area contributed by atoms with Gasteiger partial charge in [-0.15, -0.1) is 0 Å². The highest BCUT2D eigenvalue weighted by Gasteiger charge is 2.42. The Bertz CT molecular complexity index is 1920. The maximum atomic E-state index is 12.8. The number of carbonyl (C=O) groups is 5. The third kappa shape index (κ3) is 9.23. The first kappa shape index (κ1) is 36.6. The van der Waals surface area contributed by atoms with Crippen molar-refractivity contribution in [1.82, 2.24) is 0 Å². The highest BCUT2D eigenvalue weighted by molar-refractivity contribution is 6.09. The summed E-state index contributed by atoms with van der Waals surface area (Å²) in [5.74, 6) is -5.96. The van der Waals surface area contributed by atoms with Crippen molar-refractivity contribution in [2.24, 2.45) is 11.5 Å². The minimum absolute atomic E-state index is 0.0913. The number of phenols is 2. The number of nitrogens with two attached hydrogens (primary N) is 2. The van der Waals surface area contributed by atoms with E-state index in [1.165, 1.54) is 36.4 Å². The van der Waals surface area contributed by atoms with Gasteiger partial charge in [0.25, 0.3) is 5.91 Å². The summed E-state index contributed by atoms with van der Waals surface area (Å²) < 4.78 is 40.6. The minimum Gasteiger partial charge on any atom is -0.504 e.